The van der Waals surface area contributed by atoms with Gasteiger partial charge in [-0.25, -0.2) is 4.98 Å². The molecule has 34 heavy (non-hydrogen) atoms. The predicted octanol–water partition coefficient (Wildman–Crippen LogP) is 3.08. The molecule has 7 heteroatoms. The Bertz CT molecular complexity index is 1070. The van der Waals surface area contributed by atoms with Crippen LogP contribution < -0.4 is 4.74 Å². The van der Waals surface area contributed by atoms with Gasteiger partial charge in [0, 0.05) is 42.8 Å². The third-order valence-electron chi connectivity index (χ3n) is 5.85. The fraction of sp³-hybridized carbons (Fsp3) is 0.444. The lowest BCUT2D eigenvalue weighted by Gasteiger charge is -2.37. The molecule has 0 aliphatic carbocycles. The van der Waals surface area contributed by atoms with E-state index in [0.717, 1.165) is 0 Å². The second kappa shape index (κ2) is 11.2. The largest absolute Gasteiger partial charge is 0.472 e. The van der Waals surface area contributed by atoms with Gasteiger partial charge in [0.05, 0.1) is 19.2 Å². The fourth-order valence-electron chi connectivity index (χ4n) is 3.77. The Kier molecular flexibility index (Phi) is 8.30. The number of hydrogen-bond donors (Lipinski definition) is 1. The zero-order valence-electron chi connectivity index (χ0n) is 20.5. The first-order chi connectivity index (χ1) is 16.2. The van der Waals surface area contributed by atoms with Gasteiger partial charge in [0.2, 0.25) is 5.88 Å². The van der Waals surface area contributed by atoms with Gasteiger partial charge in [-0.1, -0.05) is 50.8 Å². The van der Waals surface area contributed by atoms with Crippen LogP contribution in [0.3, 0.4) is 0 Å². The van der Waals surface area contributed by atoms with E-state index in [1.54, 1.807) is 41.2 Å². The van der Waals surface area contributed by atoms with E-state index in [4.69, 9.17) is 4.74 Å². The molecular formula is C27H33N3O4. The smallest absolute Gasteiger partial charge is 0.259 e. The molecule has 1 aliphatic heterocycles. The Morgan fingerprint density at radius 3 is 2.65 bits per heavy atom. The molecule has 0 saturated heterocycles. The van der Waals surface area contributed by atoms with Crippen molar-refractivity contribution >= 4 is 11.8 Å². The molecule has 1 aliphatic rings. The summed E-state index contributed by atoms with van der Waals surface area (Å²) in [7, 11) is 1.74. The van der Waals surface area contributed by atoms with Gasteiger partial charge in [-0.15, -0.1) is 0 Å². The Labute approximate surface area is 201 Å². The highest BCUT2D eigenvalue weighted by molar-refractivity contribution is 5.97. The van der Waals surface area contributed by atoms with Crippen LogP contribution in [0.25, 0.3) is 0 Å². The average Bonchev–Trinajstić information content (AvgIpc) is 2.84. The summed E-state index contributed by atoms with van der Waals surface area (Å²) in [5.41, 5.74) is 1.54. The van der Waals surface area contributed by atoms with Crippen LogP contribution in [0.5, 0.6) is 5.88 Å². The summed E-state index contributed by atoms with van der Waals surface area (Å²) in [5, 5.41) is 9.80. The molecule has 0 saturated carbocycles. The molecule has 2 aromatic rings. The molecule has 1 N–H and O–H groups in total. The van der Waals surface area contributed by atoms with Crippen molar-refractivity contribution in [2.24, 2.45) is 11.8 Å². The van der Waals surface area contributed by atoms with Crippen molar-refractivity contribution in [2.75, 3.05) is 26.7 Å². The third kappa shape index (κ3) is 5.95. The SMILES string of the molecule is CC(C)C#Cc1cnc2c(c1)C(=O)N([C@@H](C)CO)C[C@@H](C)[C@H](CN(C)C(=O)c1ccccc1)O2. The first-order valence-electron chi connectivity index (χ1n) is 11.6. The Morgan fingerprint density at radius 2 is 2.00 bits per heavy atom. The van der Waals surface area contributed by atoms with Gasteiger partial charge in [0.15, 0.2) is 0 Å². The van der Waals surface area contributed by atoms with Crippen LogP contribution in [0.1, 0.15) is 54.0 Å². The maximum Gasteiger partial charge on any atom is 0.259 e. The van der Waals surface area contributed by atoms with E-state index < -0.39 is 6.10 Å². The number of amides is 2. The second-order valence-electron chi connectivity index (χ2n) is 9.18. The molecule has 1 aromatic carbocycles. The summed E-state index contributed by atoms with van der Waals surface area (Å²) >= 11 is 0. The number of aromatic nitrogens is 1. The zero-order chi connectivity index (χ0) is 24.8. The van der Waals surface area contributed by atoms with Crippen molar-refractivity contribution in [1.82, 2.24) is 14.8 Å². The van der Waals surface area contributed by atoms with Crippen LogP contribution in [0.15, 0.2) is 42.6 Å². The van der Waals surface area contributed by atoms with Crippen molar-refractivity contribution in [3.63, 3.8) is 0 Å². The van der Waals surface area contributed by atoms with Gasteiger partial charge >= 0.3 is 0 Å². The number of benzene rings is 1. The van der Waals surface area contributed by atoms with Crippen LogP contribution >= 0.6 is 0 Å². The third-order valence-corrected chi connectivity index (χ3v) is 5.85. The molecule has 0 bridgehead atoms. The number of fused-ring (bicyclic) bond motifs is 1. The molecule has 2 heterocycles. The fourth-order valence-corrected chi connectivity index (χ4v) is 3.77. The number of nitrogens with zero attached hydrogens (tertiary/aromatic N) is 3. The van der Waals surface area contributed by atoms with Crippen LogP contribution in [0.2, 0.25) is 0 Å². The van der Waals surface area contributed by atoms with Crippen molar-refractivity contribution in [3.8, 4) is 17.7 Å². The molecule has 2 amide bonds. The Balaban J connectivity index is 1.95. The Morgan fingerprint density at radius 1 is 1.29 bits per heavy atom. The number of aliphatic hydroxyl groups is 1. The number of pyridine rings is 1. The summed E-state index contributed by atoms with van der Waals surface area (Å²) in [6.45, 7) is 8.30. The zero-order valence-corrected chi connectivity index (χ0v) is 20.5. The van der Waals surface area contributed by atoms with Gasteiger partial charge in [-0.2, -0.15) is 0 Å². The van der Waals surface area contributed by atoms with E-state index >= 15 is 0 Å². The maximum atomic E-state index is 13.4. The second-order valence-corrected chi connectivity index (χ2v) is 9.18. The quantitative estimate of drug-likeness (QED) is 0.689. The topological polar surface area (TPSA) is 83.0 Å². The van der Waals surface area contributed by atoms with E-state index in [9.17, 15) is 14.7 Å². The molecule has 3 atom stereocenters. The first kappa shape index (κ1) is 25.3. The van der Waals surface area contributed by atoms with Gasteiger partial charge < -0.3 is 19.6 Å². The van der Waals surface area contributed by atoms with E-state index in [0.29, 0.717) is 29.8 Å². The lowest BCUT2D eigenvalue weighted by molar-refractivity contribution is 0.0313. The first-order valence-corrected chi connectivity index (χ1v) is 11.6. The normalized spacial score (nSPS) is 18.7. The number of likely N-dealkylation sites (N-methyl/N-ethyl adjacent to an activating group) is 1. The summed E-state index contributed by atoms with van der Waals surface area (Å²) < 4.78 is 6.26. The molecule has 0 spiro atoms. The van der Waals surface area contributed by atoms with E-state index in [1.807, 2.05) is 45.9 Å². The summed E-state index contributed by atoms with van der Waals surface area (Å²) in [4.78, 5) is 34.0. The van der Waals surface area contributed by atoms with Crippen LogP contribution in [-0.2, 0) is 0 Å². The molecule has 3 rings (SSSR count). The Hall–Kier alpha value is -3.37. The lowest BCUT2D eigenvalue weighted by atomic mass is 9.99. The highest BCUT2D eigenvalue weighted by atomic mass is 16.5. The van der Waals surface area contributed by atoms with Crippen molar-refractivity contribution < 1.29 is 19.4 Å². The van der Waals surface area contributed by atoms with E-state index in [2.05, 4.69) is 16.8 Å². The monoisotopic (exact) mass is 463 g/mol. The molecule has 0 unspecified atom stereocenters. The maximum absolute atomic E-state index is 13.4. The summed E-state index contributed by atoms with van der Waals surface area (Å²) in [6, 6.07) is 10.4. The highest BCUT2D eigenvalue weighted by Crippen LogP contribution is 2.27. The van der Waals surface area contributed by atoms with Crippen LogP contribution in [0.4, 0.5) is 0 Å². The predicted molar refractivity (Wildman–Crippen MR) is 131 cm³/mol. The minimum Gasteiger partial charge on any atom is -0.472 e. The molecule has 1 aromatic heterocycles. The number of ether oxygens (including phenoxy) is 1. The molecule has 0 radical (unpaired) electrons. The van der Waals surface area contributed by atoms with Crippen molar-refractivity contribution in [2.45, 2.75) is 39.8 Å². The van der Waals surface area contributed by atoms with Crippen molar-refractivity contribution in [1.29, 1.82) is 0 Å². The number of rotatable bonds is 5. The minimum atomic E-state index is -0.405. The van der Waals surface area contributed by atoms with E-state index in [1.165, 1.54) is 0 Å². The van der Waals surface area contributed by atoms with Gasteiger partial charge in [-0.3, -0.25) is 9.59 Å². The number of aliphatic hydroxyl groups excluding tert-OH is 1. The van der Waals surface area contributed by atoms with Crippen molar-refractivity contribution in [3.05, 3.63) is 59.3 Å². The molecule has 7 nitrogen and oxygen atoms in total. The van der Waals surface area contributed by atoms with Gasteiger partial charge in [0.25, 0.3) is 11.8 Å². The highest BCUT2D eigenvalue weighted by Gasteiger charge is 2.34. The number of carbonyl (C=O) groups excluding carboxylic acids is 2. The average molecular weight is 464 g/mol. The molecule has 180 valence electrons. The van der Waals surface area contributed by atoms with Gasteiger partial charge in [-0.05, 0) is 25.1 Å². The standard InChI is InChI=1S/C27H33N3O4/c1-18(2)11-12-21-13-23-25(28-14-21)34-24(19(3)15-30(27(23)33)20(4)17-31)16-29(5)26(32)22-9-7-6-8-10-22/h6-10,13-14,18-20,24,31H,15-17H2,1-5H3/t19-,20+,24+/m1/s1. The minimum absolute atomic E-state index is 0.109. The lowest BCUT2D eigenvalue weighted by Crippen LogP contribution is -2.50. The number of carbonyl (C=O) groups is 2. The summed E-state index contributed by atoms with van der Waals surface area (Å²) in [6.07, 6.45) is 1.20. The molecular weight excluding hydrogens is 430 g/mol. The van der Waals surface area contributed by atoms with Crippen LogP contribution in [-0.4, -0.2) is 70.6 Å². The van der Waals surface area contributed by atoms with E-state index in [-0.39, 0.29) is 42.2 Å². The van der Waals surface area contributed by atoms with Crippen LogP contribution in [0, 0.1) is 23.7 Å². The summed E-state index contributed by atoms with van der Waals surface area (Å²) in [5.74, 6) is 6.06. The van der Waals surface area contributed by atoms with Gasteiger partial charge in [0.1, 0.15) is 11.7 Å². The molecule has 0 fully saturated rings. The number of hydrogen-bond acceptors (Lipinski definition) is 5.